The van der Waals surface area contributed by atoms with Crippen molar-refractivity contribution in [2.24, 2.45) is 4.99 Å². The first-order valence-electron chi connectivity index (χ1n) is 8.47. The number of amides is 1. The van der Waals surface area contributed by atoms with Gasteiger partial charge in [-0.3, -0.25) is 15.4 Å². The molecule has 7 nitrogen and oxygen atoms in total. The van der Waals surface area contributed by atoms with Crippen molar-refractivity contribution in [2.45, 2.75) is 33.3 Å². The normalized spacial score (nSPS) is 12.3. The van der Waals surface area contributed by atoms with E-state index in [2.05, 4.69) is 25.5 Å². The molecule has 2 N–H and O–H groups in total. The molecule has 0 aliphatic rings. The number of nitrogens with one attached hydrogen (secondary N) is 2. The number of halogens is 2. The molecule has 0 saturated carbocycles. The number of carbonyl (C=O) groups excluding carboxylic acids is 1. The second-order valence-corrected chi connectivity index (χ2v) is 7.11. The molecule has 0 unspecified atom stereocenters. The van der Waals surface area contributed by atoms with Gasteiger partial charge in [0.1, 0.15) is 11.4 Å². The molecule has 9 heteroatoms. The van der Waals surface area contributed by atoms with E-state index in [9.17, 15) is 13.6 Å². The summed E-state index contributed by atoms with van der Waals surface area (Å²) in [4.78, 5) is 20.3. The van der Waals surface area contributed by atoms with Gasteiger partial charge in [0.25, 0.3) is 0 Å². The summed E-state index contributed by atoms with van der Waals surface area (Å²) in [5.41, 5.74) is -0.218. The first-order valence-corrected chi connectivity index (χ1v) is 8.47. The minimum atomic E-state index is -0.940. The Morgan fingerprint density at radius 2 is 2.00 bits per heavy atom. The van der Waals surface area contributed by atoms with E-state index in [-0.39, 0.29) is 17.0 Å². The van der Waals surface area contributed by atoms with Crippen LogP contribution in [0.15, 0.2) is 35.6 Å². The average Bonchev–Trinajstić information content (AvgIpc) is 3.03. The Kier molecular flexibility index (Phi) is 5.08. The number of anilines is 1. The molecule has 1 aromatic carbocycles. The minimum absolute atomic E-state index is 0.0903. The Morgan fingerprint density at radius 3 is 2.71 bits per heavy atom. The predicted octanol–water partition coefficient (Wildman–Crippen LogP) is 4.72. The summed E-state index contributed by atoms with van der Waals surface area (Å²) in [5.74, 6) is -1.74. The van der Waals surface area contributed by atoms with E-state index in [1.807, 2.05) is 0 Å². The number of H-pyrrole nitrogens is 1. The number of fused-ring (bicyclic) bond motifs is 1. The molecule has 0 aliphatic carbocycles. The lowest BCUT2D eigenvalue weighted by Crippen LogP contribution is -2.27. The van der Waals surface area contributed by atoms with Crippen LogP contribution in [0.5, 0.6) is 0 Å². The summed E-state index contributed by atoms with van der Waals surface area (Å²) in [7, 11) is 0. The second kappa shape index (κ2) is 7.34. The number of hydrogen-bond donors (Lipinski definition) is 2. The Labute approximate surface area is 159 Å². The highest BCUT2D eigenvalue weighted by atomic mass is 19.1. The molecule has 28 heavy (non-hydrogen) atoms. The van der Waals surface area contributed by atoms with Crippen LogP contribution in [0.4, 0.5) is 25.0 Å². The largest absolute Gasteiger partial charge is 0.444 e. The molecule has 0 radical (unpaired) electrons. The van der Waals surface area contributed by atoms with Crippen LogP contribution < -0.4 is 5.32 Å². The molecular formula is C19H19F2N5O2. The number of benzene rings is 1. The van der Waals surface area contributed by atoms with Crippen LogP contribution in [0.2, 0.25) is 0 Å². The maximum Gasteiger partial charge on any atom is 0.412 e. The molecule has 0 spiro atoms. The number of hydrogen-bond acceptors (Lipinski definition) is 5. The topological polar surface area (TPSA) is 92.3 Å². The van der Waals surface area contributed by atoms with Crippen molar-refractivity contribution in [3.8, 4) is 0 Å². The number of aromatic amines is 1. The Hall–Kier alpha value is -3.36. The fourth-order valence-corrected chi connectivity index (χ4v) is 2.53. The maximum absolute atomic E-state index is 14.9. The van der Waals surface area contributed by atoms with Crippen molar-refractivity contribution in [2.75, 3.05) is 5.32 Å². The summed E-state index contributed by atoms with van der Waals surface area (Å²) in [6.07, 6.45) is 2.19. The van der Waals surface area contributed by atoms with Gasteiger partial charge in [-0.2, -0.15) is 5.10 Å². The monoisotopic (exact) mass is 387 g/mol. The van der Waals surface area contributed by atoms with Gasteiger partial charge in [-0.25, -0.2) is 18.6 Å². The van der Waals surface area contributed by atoms with Crippen LogP contribution >= 0.6 is 0 Å². The summed E-state index contributed by atoms with van der Waals surface area (Å²) < 4.78 is 34.3. The van der Waals surface area contributed by atoms with Gasteiger partial charge in [0.05, 0.1) is 35.0 Å². The van der Waals surface area contributed by atoms with E-state index >= 15 is 0 Å². The lowest BCUT2D eigenvalue weighted by molar-refractivity contribution is 0.0635. The third-order valence-corrected chi connectivity index (χ3v) is 3.66. The van der Waals surface area contributed by atoms with Crippen molar-refractivity contribution >= 4 is 34.2 Å². The average molecular weight is 387 g/mol. The molecule has 0 saturated heterocycles. The number of nitrogens with zero attached hydrogens (tertiary/aromatic N) is 3. The minimum Gasteiger partial charge on any atom is -0.444 e. The quantitative estimate of drug-likeness (QED) is 0.636. The number of pyridine rings is 1. The van der Waals surface area contributed by atoms with Crippen LogP contribution in [0.1, 0.15) is 33.3 Å². The third-order valence-electron chi connectivity index (χ3n) is 3.66. The van der Waals surface area contributed by atoms with Gasteiger partial charge in [0.15, 0.2) is 11.5 Å². The van der Waals surface area contributed by atoms with E-state index in [4.69, 9.17) is 4.74 Å². The first-order chi connectivity index (χ1) is 13.1. The van der Waals surface area contributed by atoms with E-state index < -0.39 is 23.3 Å². The van der Waals surface area contributed by atoms with Crippen LogP contribution in [0, 0.1) is 11.6 Å². The van der Waals surface area contributed by atoms with Crippen LogP contribution in [0.25, 0.3) is 11.0 Å². The number of rotatable bonds is 3. The highest BCUT2D eigenvalue weighted by molar-refractivity contribution is 6.02. The van der Waals surface area contributed by atoms with E-state index in [1.54, 1.807) is 33.0 Å². The third kappa shape index (κ3) is 4.30. The van der Waals surface area contributed by atoms with Crippen LogP contribution in [-0.2, 0) is 4.74 Å². The van der Waals surface area contributed by atoms with Crippen LogP contribution in [-0.4, -0.2) is 32.6 Å². The molecule has 1 amide bonds. The zero-order valence-corrected chi connectivity index (χ0v) is 15.8. The Bertz CT molecular complexity index is 1070. The van der Waals surface area contributed by atoms with Crippen molar-refractivity contribution in [3.63, 3.8) is 0 Å². The van der Waals surface area contributed by atoms with Gasteiger partial charge in [-0.1, -0.05) is 0 Å². The highest BCUT2D eigenvalue weighted by Crippen LogP contribution is 2.25. The summed E-state index contributed by atoms with van der Waals surface area (Å²) in [6.45, 7) is 6.51. The fraction of sp³-hybridized carbons (Fsp3) is 0.263. The zero-order valence-electron chi connectivity index (χ0n) is 15.8. The SMILES string of the molecule is C/C(=N\c1cnc2[nH]ncc2c1)c1c(F)ccc(NC(=O)OC(C)(C)C)c1F. The Morgan fingerprint density at radius 1 is 1.25 bits per heavy atom. The molecule has 3 aromatic rings. The van der Waals surface area contributed by atoms with Gasteiger partial charge in [-0.05, 0) is 45.9 Å². The first kappa shape index (κ1) is 19.4. The highest BCUT2D eigenvalue weighted by Gasteiger charge is 2.21. The fourth-order valence-electron chi connectivity index (χ4n) is 2.53. The number of ether oxygens (including phenoxy) is 1. The summed E-state index contributed by atoms with van der Waals surface area (Å²) in [5, 5.41) is 9.58. The molecule has 2 aromatic heterocycles. The number of carbonyl (C=O) groups is 1. The maximum atomic E-state index is 14.9. The van der Waals surface area contributed by atoms with Crippen molar-refractivity contribution in [1.82, 2.24) is 15.2 Å². The molecule has 0 atom stereocenters. The molecule has 146 valence electrons. The number of aromatic nitrogens is 3. The lowest BCUT2D eigenvalue weighted by Gasteiger charge is -2.20. The van der Waals surface area contributed by atoms with Gasteiger partial charge in [0, 0.05) is 5.39 Å². The summed E-state index contributed by atoms with van der Waals surface area (Å²) >= 11 is 0. The van der Waals surface area contributed by atoms with E-state index in [0.717, 1.165) is 17.5 Å². The van der Waals surface area contributed by atoms with Crippen molar-refractivity contribution < 1.29 is 18.3 Å². The van der Waals surface area contributed by atoms with Gasteiger partial charge < -0.3 is 4.74 Å². The Balaban J connectivity index is 1.93. The molecule has 0 fully saturated rings. The van der Waals surface area contributed by atoms with Gasteiger partial charge >= 0.3 is 6.09 Å². The lowest BCUT2D eigenvalue weighted by atomic mass is 10.1. The molecular weight excluding hydrogens is 368 g/mol. The van der Waals surface area contributed by atoms with E-state index in [1.165, 1.54) is 13.1 Å². The van der Waals surface area contributed by atoms with Crippen LogP contribution in [0.3, 0.4) is 0 Å². The molecule has 0 aliphatic heterocycles. The number of aliphatic imine (C=N–C) groups is 1. The second-order valence-electron chi connectivity index (χ2n) is 7.11. The smallest absolute Gasteiger partial charge is 0.412 e. The molecule has 2 heterocycles. The van der Waals surface area contributed by atoms with Gasteiger partial charge in [-0.15, -0.1) is 0 Å². The summed E-state index contributed by atoms with van der Waals surface area (Å²) in [6, 6.07) is 3.88. The zero-order chi connectivity index (χ0) is 20.5. The standard InChI is InChI=1S/C19H19F2N5O2/c1-10(24-12-7-11-8-23-26-17(11)22-9-12)15-13(20)5-6-14(16(15)21)25-18(27)28-19(2,3)4/h5-9H,1-4H3,(H,25,27)(H,22,23,26)/b24-10+. The van der Waals surface area contributed by atoms with Gasteiger partial charge in [0.2, 0.25) is 0 Å². The van der Waals surface area contributed by atoms with Crippen molar-refractivity contribution in [1.29, 1.82) is 0 Å². The molecule has 0 bridgehead atoms. The van der Waals surface area contributed by atoms with E-state index in [0.29, 0.717) is 11.3 Å². The molecule has 3 rings (SSSR count). The predicted molar refractivity (Wildman–Crippen MR) is 102 cm³/mol. The van der Waals surface area contributed by atoms with Crippen molar-refractivity contribution in [3.05, 3.63) is 47.8 Å².